The van der Waals surface area contributed by atoms with Crippen LogP contribution in [0.25, 0.3) is 17.1 Å². The van der Waals surface area contributed by atoms with Crippen molar-refractivity contribution in [3.8, 4) is 17.1 Å². The minimum absolute atomic E-state index is 0.0506. The number of nitro benzene ring substituents is 1. The van der Waals surface area contributed by atoms with Crippen molar-refractivity contribution < 1.29 is 9.72 Å². The van der Waals surface area contributed by atoms with E-state index in [0.717, 1.165) is 16.8 Å². The van der Waals surface area contributed by atoms with Gasteiger partial charge in [-0.15, -0.1) is 10.2 Å². The second-order valence-electron chi connectivity index (χ2n) is 6.73. The van der Waals surface area contributed by atoms with E-state index < -0.39 is 4.92 Å². The van der Waals surface area contributed by atoms with Crippen LogP contribution in [-0.2, 0) is 0 Å². The Kier molecular flexibility index (Phi) is 5.85. The molecule has 0 N–H and O–H groups in total. The van der Waals surface area contributed by atoms with Crippen LogP contribution in [0.5, 0.6) is 0 Å². The Morgan fingerprint density at radius 3 is 2.32 bits per heavy atom. The summed E-state index contributed by atoms with van der Waals surface area (Å²) in [7, 11) is 0. The first-order valence-electron chi connectivity index (χ1n) is 9.36. The van der Waals surface area contributed by atoms with Crippen molar-refractivity contribution in [2.45, 2.75) is 12.1 Å². The lowest BCUT2D eigenvalue weighted by Gasteiger charge is -2.10. The summed E-state index contributed by atoms with van der Waals surface area (Å²) in [5.41, 5.74) is 3.23. The summed E-state index contributed by atoms with van der Waals surface area (Å²) in [6.45, 7) is 2.01. The van der Waals surface area contributed by atoms with Crippen LogP contribution in [0.15, 0.2) is 78.2 Å². The van der Waals surface area contributed by atoms with Crippen molar-refractivity contribution in [1.29, 1.82) is 0 Å². The van der Waals surface area contributed by atoms with Crippen LogP contribution < -0.4 is 0 Å². The largest absolute Gasteiger partial charge is 0.293 e. The standard InChI is InChI=1S/C22H17N5O3S/c1-15-2-6-18(7-3-15)26-21(17-10-12-23-13-11-17)24-25-22(26)31-14-20(28)16-4-8-19(9-5-16)27(29)30/h2-13H,14H2,1H3. The molecule has 0 aliphatic carbocycles. The van der Waals surface area contributed by atoms with Crippen LogP contribution >= 0.6 is 11.8 Å². The molecular weight excluding hydrogens is 414 g/mol. The van der Waals surface area contributed by atoms with Gasteiger partial charge in [0.05, 0.1) is 10.7 Å². The first-order valence-corrected chi connectivity index (χ1v) is 10.3. The molecule has 0 unspecified atom stereocenters. The Bertz CT molecular complexity index is 1220. The molecule has 2 aromatic carbocycles. The number of non-ortho nitro benzene ring substituents is 1. The van der Waals surface area contributed by atoms with E-state index in [4.69, 9.17) is 0 Å². The van der Waals surface area contributed by atoms with Crippen LogP contribution in [-0.4, -0.2) is 36.2 Å². The average Bonchev–Trinajstić information content (AvgIpc) is 3.22. The number of rotatable bonds is 7. The minimum atomic E-state index is -0.492. The van der Waals surface area contributed by atoms with Gasteiger partial charge in [0.15, 0.2) is 16.8 Å². The molecule has 0 fully saturated rings. The summed E-state index contributed by atoms with van der Waals surface area (Å²) in [4.78, 5) is 27.0. The van der Waals surface area contributed by atoms with E-state index in [9.17, 15) is 14.9 Å². The molecule has 9 heteroatoms. The zero-order chi connectivity index (χ0) is 21.8. The summed E-state index contributed by atoms with van der Waals surface area (Å²) in [6, 6.07) is 17.3. The fourth-order valence-electron chi connectivity index (χ4n) is 2.96. The predicted molar refractivity (Wildman–Crippen MR) is 117 cm³/mol. The van der Waals surface area contributed by atoms with Crippen molar-refractivity contribution in [3.05, 3.63) is 94.3 Å². The molecule has 0 aliphatic heterocycles. The summed E-state index contributed by atoms with van der Waals surface area (Å²) in [5, 5.41) is 20.0. The lowest BCUT2D eigenvalue weighted by Crippen LogP contribution is -2.05. The number of carbonyl (C=O) groups is 1. The molecule has 4 aromatic rings. The van der Waals surface area contributed by atoms with Crippen LogP contribution in [0.2, 0.25) is 0 Å². The number of aryl methyl sites for hydroxylation is 1. The molecule has 2 heterocycles. The normalized spacial score (nSPS) is 10.7. The molecule has 0 amide bonds. The summed E-state index contributed by atoms with van der Waals surface area (Å²) >= 11 is 1.27. The Labute approximate surface area is 182 Å². The van der Waals surface area contributed by atoms with Gasteiger partial charge in [0.2, 0.25) is 0 Å². The molecule has 4 rings (SSSR count). The SMILES string of the molecule is Cc1ccc(-n2c(SCC(=O)c3ccc([N+](=O)[O-])cc3)nnc2-c2ccncc2)cc1. The molecule has 0 bridgehead atoms. The van der Waals surface area contributed by atoms with Crippen molar-refractivity contribution in [3.63, 3.8) is 0 Å². The Morgan fingerprint density at radius 2 is 1.68 bits per heavy atom. The number of hydrogen-bond acceptors (Lipinski definition) is 7. The van der Waals surface area contributed by atoms with Gasteiger partial charge < -0.3 is 0 Å². The summed E-state index contributed by atoms with van der Waals surface area (Å²) in [5.74, 6) is 0.623. The summed E-state index contributed by atoms with van der Waals surface area (Å²) in [6.07, 6.45) is 3.38. The predicted octanol–water partition coefficient (Wildman–Crippen LogP) is 4.52. The number of thioether (sulfide) groups is 1. The highest BCUT2D eigenvalue weighted by Gasteiger charge is 2.18. The third-order valence-electron chi connectivity index (χ3n) is 4.60. The van der Waals surface area contributed by atoms with Crippen LogP contribution in [0.4, 0.5) is 5.69 Å². The molecular formula is C22H17N5O3S. The number of ketones is 1. The lowest BCUT2D eigenvalue weighted by molar-refractivity contribution is -0.384. The third kappa shape index (κ3) is 4.51. The maximum Gasteiger partial charge on any atom is 0.269 e. The van der Waals surface area contributed by atoms with Crippen molar-refractivity contribution in [1.82, 2.24) is 19.7 Å². The first-order chi connectivity index (χ1) is 15.0. The molecule has 8 nitrogen and oxygen atoms in total. The molecule has 0 atom stereocenters. The zero-order valence-corrected chi connectivity index (χ0v) is 17.3. The molecule has 0 saturated carbocycles. The number of pyridine rings is 1. The topological polar surface area (TPSA) is 104 Å². The quantitative estimate of drug-likeness (QED) is 0.183. The van der Waals surface area contributed by atoms with Gasteiger partial charge in [0.25, 0.3) is 5.69 Å². The number of nitrogens with zero attached hydrogens (tertiary/aromatic N) is 5. The monoisotopic (exact) mass is 431 g/mol. The third-order valence-corrected chi connectivity index (χ3v) is 5.53. The average molecular weight is 431 g/mol. The number of benzene rings is 2. The lowest BCUT2D eigenvalue weighted by atomic mass is 10.1. The highest BCUT2D eigenvalue weighted by molar-refractivity contribution is 7.99. The van der Waals surface area contributed by atoms with Crippen LogP contribution in [0, 0.1) is 17.0 Å². The maximum atomic E-state index is 12.6. The van der Waals surface area contributed by atoms with E-state index in [2.05, 4.69) is 15.2 Å². The van der Waals surface area contributed by atoms with Crippen LogP contribution in [0.1, 0.15) is 15.9 Å². The molecule has 2 aromatic heterocycles. The minimum Gasteiger partial charge on any atom is -0.293 e. The van der Waals surface area contributed by atoms with Crippen LogP contribution in [0.3, 0.4) is 0 Å². The molecule has 31 heavy (non-hydrogen) atoms. The van der Waals surface area contributed by atoms with E-state index in [-0.39, 0.29) is 17.2 Å². The fraction of sp³-hybridized carbons (Fsp3) is 0.0909. The molecule has 154 valence electrons. The van der Waals surface area contributed by atoms with Crippen molar-refractivity contribution >= 4 is 23.2 Å². The van der Waals surface area contributed by atoms with Gasteiger partial charge >= 0.3 is 0 Å². The first kappa shape index (κ1) is 20.4. The van der Waals surface area contributed by atoms with E-state index in [1.165, 1.54) is 36.0 Å². The zero-order valence-electron chi connectivity index (χ0n) is 16.5. The van der Waals surface area contributed by atoms with E-state index in [1.54, 1.807) is 12.4 Å². The number of carbonyl (C=O) groups excluding carboxylic acids is 1. The van der Waals surface area contributed by atoms with Crippen molar-refractivity contribution in [2.24, 2.45) is 0 Å². The number of Topliss-reactive ketones (excluding diaryl/α,β-unsaturated/α-hetero) is 1. The number of aromatic nitrogens is 4. The second kappa shape index (κ2) is 8.88. The second-order valence-corrected chi connectivity index (χ2v) is 7.67. The van der Waals surface area contributed by atoms with E-state index in [1.807, 2.05) is 47.9 Å². The Morgan fingerprint density at radius 1 is 1.00 bits per heavy atom. The Balaban J connectivity index is 1.62. The molecule has 0 aliphatic rings. The van der Waals surface area contributed by atoms with E-state index in [0.29, 0.717) is 16.5 Å². The van der Waals surface area contributed by atoms with Gasteiger partial charge in [0, 0.05) is 41.3 Å². The molecule has 0 radical (unpaired) electrons. The molecule has 0 spiro atoms. The highest BCUT2D eigenvalue weighted by atomic mass is 32.2. The number of hydrogen-bond donors (Lipinski definition) is 0. The van der Waals surface area contributed by atoms with Gasteiger partial charge in [-0.3, -0.25) is 24.5 Å². The van der Waals surface area contributed by atoms with Gasteiger partial charge in [0.1, 0.15) is 0 Å². The highest BCUT2D eigenvalue weighted by Crippen LogP contribution is 2.28. The number of nitro groups is 1. The summed E-state index contributed by atoms with van der Waals surface area (Å²) < 4.78 is 1.91. The Hall–Kier alpha value is -3.85. The molecule has 0 saturated heterocycles. The fourth-order valence-corrected chi connectivity index (χ4v) is 3.81. The van der Waals surface area contributed by atoms with Gasteiger partial charge in [-0.25, -0.2) is 0 Å². The maximum absolute atomic E-state index is 12.6. The van der Waals surface area contributed by atoms with Crippen molar-refractivity contribution in [2.75, 3.05) is 5.75 Å². The smallest absolute Gasteiger partial charge is 0.269 e. The van der Waals surface area contributed by atoms with Gasteiger partial charge in [-0.2, -0.15) is 0 Å². The van der Waals surface area contributed by atoms with E-state index >= 15 is 0 Å². The van der Waals surface area contributed by atoms with Gasteiger partial charge in [-0.05, 0) is 43.3 Å². The van der Waals surface area contributed by atoms with Gasteiger partial charge in [-0.1, -0.05) is 29.5 Å².